The van der Waals surface area contributed by atoms with Crippen LogP contribution >= 0.6 is 11.6 Å². The molecular formula is C24H22ClN3O3. The van der Waals surface area contributed by atoms with Crippen molar-refractivity contribution in [2.45, 2.75) is 13.5 Å². The van der Waals surface area contributed by atoms with Crippen LogP contribution in [0.2, 0.25) is 5.02 Å². The molecule has 0 atom stereocenters. The van der Waals surface area contributed by atoms with Crippen LogP contribution in [0.5, 0.6) is 5.75 Å². The van der Waals surface area contributed by atoms with Gasteiger partial charge in [-0.05, 0) is 48.9 Å². The fourth-order valence-corrected chi connectivity index (χ4v) is 2.85. The van der Waals surface area contributed by atoms with Crippen LogP contribution in [-0.2, 0) is 11.4 Å². The smallest absolute Gasteiger partial charge is 0.259 e. The highest BCUT2D eigenvalue weighted by molar-refractivity contribution is 6.30. The fourth-order valence-electron chi connectivity index (χ4n) is 2.72. The minimum Gasteiger partial charge on any atom is -0.488 e. The topological polar surface area (TPSA) is 79.8 Å². The Balaban J connectivity index is 1.50. The number of hydrogen-bond acceptors (Lipinski definition) is 4. The number of aryl methyl sites for hydroxylation is 1. The second-order valence-electron chi connectivity index (χ2n) is 6.80. The number of carbonyl (C=O) groups excluding carboxylic acids is 2. The van der Waals surface area contributed by atoms with Gasteiger partial charge in [0.25, 0.3) is 11.8 Å². The molecular weight excluding hydrogens is 414 g/mol. The average Bonchev–Trinajstić information content (AvgIpc) is 2.78. The normalized spacial score (nSPS) is 10.6. The van der Waals surface area contributed by atoms with Gasteiger partial charge in [-0.25, -0.2) is 5.43 Å². The molecule has 3 rings (SSSR count). The number of ether oxygens (including phenoxy) is 1. The van der Waals surface area contributed by atoms with Crippen molar-refractivity contribution in [1.29, 1.82) is 0 Å². The molecule has 3 aromatic carbocycles. The third-order valence-corrected chi connectivity index (χ3v) is 4.56. The van der Waals surface area contributed by atoms with E-state index in [1.165, 1.54) is 6.21 Å². The summed E-state index contributed by atoms with van der Waals surface area (Å²) in [6.07, 6.45) is 1.50. The van der Waals surface area contributed by atoms with Crippen molar-refractivity contribution in [3.05, 3.63) is 100 Å². The van der Waals surface area contributed by atoms with Crippen molar-refractivity contribution < 1.29 is 14.3 Å². The summed E-state index contributed by atoms with van der Waals surface area (Å²) in [5, 5.41) is 7.20. The summed E-state index contributed by atoms with van der Waals surface area (Å²) in [7, 11) is 0. The van der Waals surface area contributed by atoms with E-state index < -0.39 is 5.91 Å². The maximum absolute atomic E-state index is 12.1. The van der Waals surface area contributed by atoms with Gasteiger partial charge in [0.1, 0.15) is 12.4 Å². The van der Waals surface area contributed by atoms with Crippen molar-refractivity contribution in [3.8, 4) is 5.75 Å². The fraction of sp³-hybridized carbons (Fsp3) is 0.125. The molecule has 31 heavy (non-hydrogen) atoms. The first kappa shape index (κ1) is 22.1. The van der Waals surface area contributed by atoms with E-state index in [1.807, 2.05) is 49.4 Å². The Labute approximate surface area is 185 Å². The van der Waals surface area contributed by atoms with Crippen LogP contribution in [0.25, 0.3) is 0 Å². The highest BCUT2D eigenvalue weighted by atomic mass is 35.5. The largest absolute Gasteiger partial charge is 0.488 e. The highest BCUT2D eigenvalue weighted by Crippen LogP contribution is 2.18. The number of amides is 2. The summed E-state index contributed by atoms with van der Waals surface area (Å²) in [5.41, 5.74) is 5.57. The first-order chi connectivity index (χ1) is 15.0. The number of benzene rings is 3. The van der Waals surface area contributed by atoms with Crippen LogP contribution in [-0.4, -0.2) is 24.6 Å². The summed E-state index contributed by atoms with van der Waals surface area (Å²) in [6.45, 7) is 2.09. The Kier molecular flexibility index (Phi) is 7.79. The molecule has 0 spiro atoms. The average molecular weight is 436 g/mol. The molecule has 0 heterocycles. The van der Waals surface area contributed by atoms with Crippen molar-refractivity contribution in [3.63, 3.8) is 0 Å². The van der Waals surface area contributed by atoms with Gasteiger partial charge in [-0.2, -0.15) is 5.10 Å². The Morgan fingerprint density at radius 3 is 2.58 bits per heavy atom. The van der Waals surface area contributed by atoms with Gasteiger partial charge in [-0.15, -0.1) is 0 Å². The monoisotopic (exact) mass is 435 g/mol. The van der Waals surface area contributed by atoms with Crippen molar-refractivity contribution in [2.24, 2.45) is 5.10 Å². The van der Waals surface area contributed by atoms with Crippen LogP contribution in [0.4, 0.5) is 0 Å². The van der Waals surface area contributed by atoms with Crippen LogP contribution in [0, 0.1) is 6.92 Å². The van der Waals surface area contributed by atoms with Gasteiger partial charge in [0.15, 0.2) is 0 Å². The molecule has 0 saturated carbocycles. The zero-order chi connectivity index (χ0) is 22.1. The first-order valence-electron chi connectivity index (χ1n) is 9.64. The van der Waals surface area contributed by atoms with Crippen LogP contribution < -0.4 is 15.5 Å². The van der Waals surface area contributed by atoms with E-state index in [-0.39, 0.29) is 12.5 Å². The molecule has 0 saturated heterocycles. The van der Waals surface area contributed by atoms with Gasteiger partial charge in [-0.1, -0.05) is 53.6 Å². The Morgan fingerprint density at radius 2 is 1.81 bits per heavy atom. The SMILES string of the molecule is Cc1cccc(C(=O)NCC(=O)N/N=C\c2ccccc2OCc2ccc(Cl)cc2)c1. The number of nitrogens with one attached hydrogen (secondary N) is 2. The number of hydrazone groups is 1. The zero-order valence-electron chi connectivity index (χ0n) is 17.0. The summed E-state index contributed by atoms with van der Waals surface area (Å²) in [5.74, 6) is -0.121. The van der Waals surface area contributed by atoms with Crippen LogP contribution in [0.3, 0.4) is 0 Å². The van der Waals surface area contributed by atoms with E-state index in [9.17, 15) is 9.59 Å². The highest BCUT2D eigenvalue weighted by Gasteiger charge is 2.08. The molecule has 0 aromatic heterocycles. The third kappa shape index (κ3) is 6.97. The first-order valence-corrected chi connectivity index (χ1v) is 10.0. The number of carbonyl (C=O) groups is 2. The van der Waals surface area contributed by atoms with E-state index in [0.29, 0.717) is 28.5 Å². The van der Waals surface area contributed by atoms with Gasteiger partial charge in [-0.3, -0.25) is 9.59 Å². The predicted octanol–water partition coefficient (Wildman–Crippen LogP) is 4.11. The summed E-state index contributed by atoms with van der Waals surface area (Å²) >= 11 is 5.90. The number of hydrogen-bond donors (Lipinski definition) is 2. The van der Waals surface area contributed by atoms with Gasteiger partial charge in [0, 0.05) is 16.1 Å². The number of nitrogens with zero attached hydrogens (tertiary/aromatic N) is 1. The predicted molar refractivity (Wildman–Crippen MR) is 121 cm³/mol. The lowest BCUT2D eigenvalue weighted by Gasteiger charge is -2.09. The number of halogens is 1. The Hall–Kier alpha value is -3.64. The van der Waals surface area contributed by atoms with E-state index >= 15 is 0 Å². The molecule has 0 bridgehead atoms. The van der Waals surface area contributed by atoms with Crippen molar-refractivity contribution in [2.75, 3.05) is 6.54 Å². The molecule has 158 valence electrons. The van der Waals surface area contributed by atoms with Gasteiger partial charge < -0.3 is 10.1 Å². The van der Waals surface area contributed by atoms with E-state index in [4.69, 9.17) is 16.3 Å². The lowest BCUT2D eigenvalue weighted by molar-refractivity contribution is -0.120. The molecule has 0 aliphatic rings. The number of para-hydroxylation sites is 1. The lowest BCUT2D eigenvalue weighted by atomic mass is 10.1. The lowest BCUT2D eigenvalue weighted by Crippen LogP contribution is -2.34. The third-order valence-electron chi connectivity index (χ3n) is 4.31. The van der Waals surface area contributed by atoms with Crippen LogP contribution in [0.15, 0.2) is 77.9 Å². The molecule has 0 radical (unpaired) electrons. The maximum Gasteiger partial charge on any atom is 0.259 e. The molecule has 3 aromatic rings. The van der Waals surface area contributed by atoms with Crippen molar-refractivity contribution in [1.82, 2.24) is 10.7 Å². The standard InChI is InChI=1S/C24H22ClN3O3/c1-17-5-4-7-19(13-17)24(30)26-15-23(29)28-27-14-20-6-2-3-8-22(20)31-16-18-9-11-21(25)12-10-18/h2-14H,15-16H2,1H3,(H,26,30)(H,28,29)/b27-14-. The number of rotatable bonds is 8. The minimum atomic E-state index is -0.434. The zero-order valence-corrected chi connectivity index (χ0v) is 17.7. The molecule has 0 unspecified atom stereocenters. The summed E-state index contributed by atoms with van der Waals surface area (Å²) in [4.78, 5) is 24.1. The summed E-state index contributed by atoms with van der Waals surface area (Å²) in [6, 6.07) is 21.9. The van der Waals surface area contributed by atoms with E-state index in [2.05, 4.69) is 15.8 Å². The molecule has 7 heteroatoms. The van der Waals surface area contributed by atoms with Gasteiger partial charge in [0.05, 0.1) is 12.8 Å². The molecule has 6 nitrogen and oxygen atoms in total. The van der Waals surface area contributed by atoms with Crippen molar-refractivity contribution >= 4 is 29.6 Å². The van der Waals surface area contributed by atoms with E-state index in [1.54, 1.807) is 30.3 Å². The van der Waals surface area contributed by atoms with Crippen LogP contribution in [0.1, 0.15) is 27.0 Å². The maximum atomic E-state index is 12.1. The second kappa shape index (κ2) is 10.9. The second-order valence-corrected chi connectivity index (χ2v) is 7.23. The Bertz CT molecular complexity index is 1080. The molecule has 2 amide bonds. The van der Waals surface area contributed by atoms with Gasteiger partial charge >= 0.3 is 0 Å². The van der Waals surface area contributed by atoms with Gasteiger partial charge in [0.2, 0.25) is 0 Å². The minimum absolute atomic E-state index is 0.182. The molecule has 0 fully saturated rings. The van der Waals surface area contributed by atoms with E-state index in [0.717, 1.165) is 11.1 Å². The molecule has 0 aliphatic carbocycles. The Morgan fingerprint density at radius 1 is 1.03 bits per heavy atom. The molecule has 0 aliphatic heterocycles. The summed E-state index contributed by atoms with van der Waals surface area (Å²) < 4.78 is 5.85. The molecule has 2 N–H and O–H groups in total. The quantitative estimate of drug-likeness (QED) is 0.413.